The van der Waals surface area contributed by atoms with E-state index >= 15 is 0 Å². The topological polar surface area (TPSA) is 42.0 Å². The second-order valence-corrected chi connectivity index (χ2v) is 5.84. The van der Waals surface area contributed by atoms with E-state index in [0.29, 0.717) is 16.3 Å². The molecule has 0 spiro atoms. The number of carbonyl (C=O) groups is 1. The van der Waals surface area contributed by atoms with Gasteiger partial charge in [-0.25, -0.2) is 4.98 Å². The number of nitrogens with one attached hydrogen (secondary N) is 1. The predicted octanol–water partition coefficient (Wildman–Crippen LogP) is 4.64. The Morgan fingerprint density at radius 3 is 2.70 bits per heavy atom. The van der Waals surface area contributed by atoms with E-state index in [9.17, 15) is 4.79 Å². The maximum atomic E-state index is 12.0. The van der Waals surface area contributed by atoms with Crippen LogP contribution in [-0.4, -0.2) is 10.9 Å². The van der Waals surface area contributed by atoms with Crippen LogP contribution in [0.4, 0.5) is 5.69 Å². The minimum Gasteiger partial charge on any atom is -0.325 e. The molecule has 0 aliphatic carbocycles. The molecule has 104 valence electrons. The van der Waals surface area contributed by atoms with Crippen LogP contribution >= 0.6 is 39.1 Å². The lowest BCUT2D eigenvalue weighted by Crippen LogP contribution is -2.15. The highest BCUT2D eigenvalue weighted by Gasteiger charge is 2.13. The molecule has 0 saturated carbocycles. The first-order valence-corrected chi connectivity index (χ1v) is 7.38. The zero-order valence-corrected chi connectivity index (χ0v) is 13.7. The van der Waals surface area contributed by atoms with Crippen LogP contribution < -0.4 is 5.32 Å². The lowest BCUT2D eigenvalue weighted by molar-refractivity contribution is -0.115. The summed E-state index contributed by atoms with van der Waals surface area (Å²) in [5.74, 6) is -0.202. The average Bonchev–Trinajstić information content (AvgIpc) is 2.36. The van der Waals surface area contributed by atoms with Gasteiger partial charge >= 0.3 is 0 Å². The Hall–Kier alpha value is -1.10. The molecular weight excluding hydrogens is 363 g/mol. The molecule has 0 bridgehead atoms. The summed E-state index contributed by atoms with van der Waals surface area (Å²) in [5.41, 5.74) is 1.95. The Bertz CT molecular complexity index is 638. The number of benzene rings is 1. The number of para-hydroxylation sites is 1. The summed E-state index contributed by atoms with van der Waals surface area (Å²) in [6.45, 7) is 1.79. The van der Waals surface area contributed by atoms with Crippen molar-refractivity contribution in [3.05, 3.63) is 56.2 Å². The number of amides is 1. The second kappa shape index (κ2) is 6.57. The van der Waals surface area contributed by atoms with E-state index in [1.54, 1.807) is 19.1 Å². The number of hydrogen-bond acceptors (Lipinski definition) is 2. The third-order valence-corrected chi connectivity index (χ3v) is 3.97. The van der Waals surface area contributed by atoms with Crippen LogP contribution in [0, 0.1) is 6.92 Å². The SMILES string of the molecule is Cc1cc(Cl)c(CC(=O)Nc2ccccc2Br)c(Cl)n1. The lowest BCUT2D eigenvalue weighted by Gasteiger charge is -2.09. The first-order valence-electron chi connectivity index (χ1n) is 5.83. The van der Waals surface area contributed by atoms with Gasteiger partial charge in [-0.3, -0.25) is 4.79 Å². The van der Waals surface area contributed by atoms with Crippen LogP contribution in [0.25, 0.3) is 0 Å². The molecular formula is C14H11BrCl2N2O. The molecule has 0 aliphatic heterocycles. The fraction of sp³-hybridized carbons (Fsp3) is 0.143. The molecule has 6 heteroatoms. The molecule has 2 rings (SSSR count). The molecule has 20 heavy (non-hydrogen) atoms. The molecule has 1 aromatic carbocycles. The van der Waals surface area contributed by atoms with E-state index in [1.165, 1.54) is 0 Å². The van der Waals surface area contributed by atoms with Crippen molar-refractivity contribution in [3.63, 3.8) is 0 Å². The van der Waals surface area contributed by atoms with E-state index in [4.69, 9.17) is 23.2 Å². The summed E-state index contributed by atoms with van der Waals surface area (Å²) < 4.78 is 0.813. The van der Waals surface area contributed by atoms with Crippen molar-refractivity contribution < 1.29 is 4.79 Å². The van der Waals surface area contributed by atoms with Crippen LogP contribution in [0.1, 0.15) is 11.3 Å². The third kappa shape index (κ3) is 3.72. The molecule has 0 fully saturated rings. The summed E-state index contributed by atoms with van der Waals surface area (Å²) in [6.07, 6.45) is 0.0757. The van der Waals surface area contributed by atoms with Gasteiger partial charge in [0.05, 0.1) is 12.1 Å². The molecule has 1 aromatic heterocycles. The van der Waals surface area contributed by atoms with Crippen molar-refractivity contribution in [2.24, 2.45) is 0 Å². The standard InChI is InChI=1S/C14H11BrCl2N2O/c1-8-6-11(16)9(14(17)18-8)7-13(20)19-12-5-3-2-4-10(12)15/h2-6H,7H2,1H3,(H,19,20). The fourth-order valence-corrected chi connectivity index (χ4v) is 2.75. The molecule has 3 nitrogen and oxygen atoms in total. The number of aryl methyl sites for hydroxylation is 1. The van der Waals surface area contributed by atoms with Crippen molar-refractivity contribution in [1.82, 2.24) is 4.98 Å². The van der Waals surface area contributed by atoms with Crippen LogP contribution in [-0.2, 0) is 11.2 Å². The number of pyridine rings is 1. The summed E-state index contributed by atoms with van der Waals surface area (Å²) in [4.78, 5) is 16.2. The molecule has 0 unspecified atom stereocenters. The Morgan fingerprint density at radius 2 is 2.05 bits per heavy atom. The van der Waals surface area contributed by atoms with Crippen LogP contribution in [0.3, 0.4) is 0 Å². The number of rotatable bonds is 3. The Labute approximate surface area is 135 Å². The molecule has 0 atom stereocenters. The second-order valence-electron chi connectivity index (χ2n) is 4.22. The largest absolute Gasteiger partial charge is 0.325 e. The summed E-state index contributed by atoms with van der Waals surface area (Å²) in [6, 6.07) is 9.06. The molecule has 1 N–H and O–H groups in total. The minimum absolute atomic E-state index is 0.0757. The number of halogens is 3. The monoisotopic (exact) mass is 372 g/mol. The van der Waals surface area contributed by atoms with E-state index in [2.05, 4.69) is 26.2 Å². The molecule has 0 saturated heterocycles. The lowest BCUT2D eigenvalue weighted by atomic mass is 10.2. The van der Waals surface area contributed by atoms with E-state index in [0.717, 1.165) is 10.2 Å². The molecule has 1 amide bonds. The van der Waals surface area contributed by atoms with E-state index in [1.807, 2.05) is 18.2 Å². The quantitative estimate of drug-likeness (QED) is 0.796. The zero-order valence-electron chi connectivity index (χ0n) is 10.6. The fourth-order valence-electron chi connectivity index (χ4n) is 1.70. The molecule has 1 heterocycles. The van der Waals surface area contributed by atoms with Crippen molar-refractivity contribution in [1.29, 1.82) is 0 Å². The summed E-state index contributed by atoms with van der Waals surface area (Å²) in [7, 11) is 0. The molecule has 0 radical (unpaired) electrons. The van der Waals surface area contributed by atoms with E-state index in [-0.39, 0.29) is 17.5 Å². The van der Waals surface area contributed by atoms with E-state index < -0.39 is 0 Å². The van der Waals surface area contributed by atoms with Gasteiger partial charge in [0.2, 0.25) is 5.91 Å². The smallest absolute Gasteiger partial charge is 0.228 e. The minimum atomic E-state index is -0.202. The Kier molecular flexibility index (Phi) is 5.02. The van der Waals surface area contributed by atoms with Gasteiger partial charge in [-0.1, -0.05) is 35.3 Å². The summed E-state index contributed by atoms with van der Waals surface area (Å²) >= 11 is 15.5. The van der Waals surface area contributed by atoms with Crippen molar-refractivity contribution in [3.8, 4) is 0 Å². The Balaban J connectivity index is 2.15. The predicted molar refractivity (Wildman–Crippen MR) is 85.5 cm³/mol. The van der Waals surface area contributed by atoms with Crippen molar-refractivity contribution in [2.45, 2.75) is 13.3 Å². The van der Waals surface area contributed by atoms with Crippen LogP contribution in [0.15, 0.2) is 34.8 Å². The number of aromatic nitrogens is 1. The Morgan fingerprint density at radius 1 is 1.35 bits per heavy atom. The van der Waals surface area contributed by atoms with Crippen LogP contribution in [0.5, 0.6) is 0 Å². The zero-order chi connectivity index (χ0) is 14.7. The first kappa shape index (κ1) is 15.3. The van der Waals surface area contributed by atoms with Crippen LogP contribution in [0.2, 0.25) is 10.2 Å². The van der Waals surface area contributed by atoms with Crippen molar-refractivity contribution >= 4 is 50.7 Å². The van der Waals surface area contributed by atoms with Gasteiger partial charge in [0.1, 0.15) is 5.15 Å². The number of hydrogen-bond donors (Lipinski definition) is 1. The highest BCUT2D eigenvalue weighted by molar-refractivity contribution is 9.10. The van der Waals surface area contributed by atoms with Gasteiger partial charge in [-0.2, -0.15) is 0 Å². The normalized spacial score (nSPS) is 10.4. The number of carbonyl (C=O) groups excluding carboxylic acids is 1. The van der Waals surface area contributed by atoms with Gasteiger partial charge in [0.25, 0.3) is 0 Å². The third-order valence-electron chi connectivity index (χ3n) is 2.63. The number of nitrogens with zero attached hydrogens (tertiary/aromatic N) is 1. The first-order chi connectivity index (χ1) is 9.47. The van der Waals surface area contributed by atoms with Crippen molar-refractivity contribution in [2.75, 3.05) is 5.32 Å². The average molecular weight is 374 g/mol. The molecule has 0 aliphatic rings. The maximum Gasteiger partial charge on any atom is 0.228 e. The van der Waals surface area contributed by atoms with Gasteiger partial charge in [-0.15, -0.1) is 0 Å². The maximum absolute atomic E-state index is 12.0. The number of anilines is 1. The van der Waals surface area contributed by atoms with Gasteiger partial charge in [0.15, 0.2) is 0 Å². The van der Waals surface area contributed by atoms with Gasteiger partial charge in [0, 0.05) is 20.8 Å². The van der Waals surface area contributed by atoms with Gasteiger partial charge in [-0.05, 0) is 41.1 Å². The van der Waals surface area contributed by atoms with Gasteiger partial charge < -0.3 is 5.32 Å². The highest BCUT2D eigenvalue weighted by Crippen LogP contribution is 2.26. The highest BCUT2D eigenvalue weighted by atomic mass is 79.9. The summed E-state index contributed by atoms with van der Waals surface area (Å²) in [5, 5.41) is 3.51. The molecule has 2 aromatic rings.